The van der Waals surface area contributed by atoms with Gasteiger partial charge in [0.1, 0.15) is 5.75 Å². The normalized spacial score (nSPS) is 24.0. The molecule has 1 aromatic rings. The number of phenols is 1. The number of likely N-dealkylation sites (N-methyl/N-ethyl adjacent to an activating group) is 1. The molecule has 0 bridgehead atoms. The van der Waals surface area contributed by atoms with Gasteiger partial charge in [0.2, 0.25) is 0 Å². The molecule has 1 N–H and O–H groups in total. The summed E-state index contributed by atoms with van der Waals surface area (Å²) in [7, 11) is 2.19. The van der Waals surface area contributed by atoms with Crippen molar-refractivity contribution >= 4 is 5.57 Å². The van der Waals surface area contributed by atoms with Gasteiger partial charge in [0, 0.05) is 18.2 Å². The van der Waals surface area contributed by atoms with Crippen molar-refractivity contribution in [1.82, 2.24) is 4.90 Å². The van der Waals surface area contributed by atoms with Crippen LogP contribution in [0.2, 0.25) is 0 Å². The van der Waals surface area contributed by atoms with Crippen LogP contribution in [0, 0.1) is 6.92 Å². The average Bonchev–Trinajstić information content (AvgIpc) is 2.50. The monoisotopic (exact) mass is 281 g/mol. The first-order valence-corrected chi connectivity index (χ1v) is 7.62. The lowest BCUT2D eigenvalue weighted by atomic mass is 9.75. The van der Waals surface area contributed by atoms with Crippen LogP contribution in [0.4, 0.5) is 0 Å². The van der Waals surface area contributed by atoms with Crippen molar-refractivity contribution < 1.29 is 5.11 Å². The van der Waals surface area contributed by atoms with Crippen LogP contribution in [0.1, 0.15) is 30.0 Å². The standard InChI is InChI=1S/C19H23NO/c1-5-13-9-10-20(4)16-11-14-8-7-12(3)19(21)18(14)15(6-2)17(13)16/h5-8,16,21H,2,9-11H2,1,3-4H3/b13-5-/t16-/m1/s1. The van der Waals surface area contributed by atoms with E-state index in [4.69, 9.17) is 0 Å². The minimum absolute atomic E-state index is 0.396. The predicted molar refractivity (Wildman–Crippen MR) is 88.5 cm³/mol. The molecular formula is C19H23NO. The minimum Gasteiger partial charge on any atom is -0.507 e. The minimum atomic E-state index is 0.396. The fourth-order valence-corrected chi connectivity index (χ4v) is 3.69. The average molecular weight is 281 g/mol. The first kappa shape index (κ1) is 14.2. The molecule has 1 aliphatic heterocycles. The molecule has 1 aromatic carbocycles. The molecule has 1 atom stereocenters. The van der Waals surface area contributed by atoms with E-state index < -0.39 is 0 Å². The van der Waals surface area contributed by atoms with Crippen molar-refractivity contribution in [1.29, 1.82) is 0 Å². The summed E-state index contributed by atoms with van der Waals surface area (Å²) in [4.78, 5) is 2.42. The molecule has 21 heavy (non-hydrogen) atoms. The summed E-state index contributed by atoms with van der Waals surface area (Å²) in [6.45, 7) is 9.18. The summed E-state index contributed by atoms with van der Waals surface area (Å²) in [6, 6.07) is 4.56. The summed E-state index contributed by atoms with van der Waals surface area (Å²) < 4.78 is 0. The van der Waals surface area contributed by atoms with E-state index in [1.807, 2.05) is 19.1 Å². The Balaban J connectivity index is 2.31. The zero-order valence-corrected chi connectivity index (χ0v) is 13.1. The number of aromatic hydroxyl groups is 1. The van der Waals surface area contributed by atoms with Crippen LogP contribution in [0.3, 0.4) is 0 Å². The van der Waals surface area contributed by atoms with E-state index in [-0.39, 0.29) is 0 Å². The Morgan fingerprint density at radius 2 is 2.14 bits per heavy atom. The smallest absolute Gasteiger partial charge is 0.126 e. The molecule has 3 rings (SSSR count). The molecule has 0 amide bonds. The molecule has 1 heterocycles. The van der Waals surface area contributed by atoms with Gasteiger partial charge in [-0.1, -0.05) is 30.9 Å². The van der Waals surface area contributed by atoms with Crippen LogP contribution in [0.25, 0.3) is 5.57 Å². The molecule has 0 aromatic heterocycles. The van der Waals surface area contributed by atoms with Gasteiger partial charge >= 0.3 is 0 Å². The van der Waals surface area contributed by atoms with Crippen molar-refractivity contribution in [2.45, 2.75) is 32.7 Å². The second-order valence-corrected chi connectivity index (χ2v) is 6.06. The molecular weight excluding hydrogens is 258 g/mol. The van der Waals surface area contributed by atoms with Gasteiger partial charge in [-0.25, -0.2) is 0 Å². The zero-order chi connectivity index (χ0) is 15.1. The van der Waals surface area contributed by atoms with Crippen LogP contribution >= 0.6 is 0 Å². The Hall–Kier alpha value is -1.80. The second-order valence-electron chi connectivity index (χ2n) is 6.06. The fourth-order valence-electron chi connectivity index (χ4n) is 3.69. The fraction of sp³-hybridized carbons (Fsp3) is 0.368. The molecule has 0 radical (unpaired) electrons. The van der Waals surface area contributed by atoms with Crippen molar-refractivity contribution in [2.24, 2.45) is 0 Å². The molecule has 1 saturated heterocycles. The maximum atomic E-state index is 10.5. The number of likely N-dealkylation sites (tertiary alicyclic amines) is 1. The summed E-state index contributed by atoms with van der Waals surface area (Å²) >= 11 is 0. The lowest BCUT2D eigenvalue weighted by Crippen LogP contribution is -2.42. The van der Waals surface area contributed by atoms with Gasteiger partial charge in [-0.2, -0.15) is 0 Å². The van der Waals surface area contributed by atoms with Crippen molar-refractivity contribution in [3.05, 3.63) is 58.7 Å². The number of aryl methyl sites for hydroxylation is 1. The molecule has 0 unspecified atom stereocenters. The van der Waals surface area contributed by atoms with Gasteiger partial charge < -0.3 is 5.11 Å². The Labute approximate surface area is 127 Å². The van der Waals surface area contributed by atoms with E-state index in [9.17, 15) is 5.11 Å². The Bertz CT molecular complexity index is 666. The Morgan fingerprint density at radius 1 is 1.38 bits per heavy atom. The number of phenolic OH excluding ortho intramolecular Hbond substituents is 1. The topological polar surface area (TPSA) is 23.5 Å². The third-order valence-corrected chi connectivity index (χ3v) is 4.94. The predicted octanol–water partition coefficient (Wildman–Crippen LogP) is 3.85. The van der Waals surface area contributed by atoms with E-state index in [1.165, 1.54) is 16.7 Å². The van der Waals surface area contributed by atoms with Gasteiger partial charge in [0.25, 0.3) is 0 Å². The van der Waals surface area contributed by atoms with Crippen molar-refractivity contribution in [2.75, 3.05) is 13.6 Å². The van der Waals surface area contributed by atoms with Crippen LogP contribution in [0.5, 0.6) is 5.75 Å². The van der Waals surface area contributed by atoms with Crippen LogP contribution < -0.4 is 0 Å². The van der Waals surface area contributed by atoms with Gasteiger partial charge in [-0.05, 0) is 61.6 Å². The zero-order valence-electron chi connectivity index (χ0n) is 13.1. The summed E-state index contributed by atoms with van der Waals surface area (Å²) in [5, 5.41) is 10.5. The third kappa shape index (κ3) is 2.06. The summed E-state index contributed by atoms with van der Waals surface area (Å²) in [5.41, 5.74) is 7.02. The molecule has 0 spiro atoms. The molecule has 2 aliphatic rings. The first-order valence-electron chi connectivity index (χ1n) is 7.62. The molecule has 1 aliphatic carbocycles. The van der Waals surface area contributed by atoms with E-state index in [0.717, 1.165) is 36.1 Å². The Morgan fingerprint density at radius 3 is 2.81 bits per heavy atom. The van der Waals surface area contributed by atoms with Crippen LogP contribution in [-0.2, 0) is 6.42 Å². The molecule has 2 heteroatoms. The maximum Gasteiger partial charge on any atom is 0.126 e. The third-order valence-electron chi connectivity index (χ3n) is 4.94. The number of hydrogen-bond donors (Lipinski definition) is 1. The van der Waals surface area contributed by atoms with Gasteiger partial charge in [-0.3, -0.25) is 4.90 Å². The van der Waals surface area contributed by atoms with Crippen molar-refractivity contribution in [3.8, 4) is 5.75 Å². The number of nitrogens with zero attached hydrogens (tertiary/aromatic N) is 1. The number of hydrogen-bond acceptors (Lipinski definition) is 2. The highest BCUT2D eigenvalue weighted by Crippen LogP contribution is 2.44. The maximum absolute atomic E-state index is 10.5. The highest BCUT2D eigenvalue weighted by Gasteiger charge is 2.34. The van der Waals surface area contributed by atoms with Gasteiger partial charge in [0.05, 0.1) is 0 Å². The van der Waals surface area contributed by atoms with E-state index in [0.29, 0.717) is 11.8 Å². The van der Waals surface area contributed by atoms with Crippen LogP contribution in [-0.4, -0.2) is 29.6 Å². The second kappa shape index (κ2) is 5.19. The largest absolute Gasteiger partial charge is 0.507 e. The number of fused-ring (bicyclic) bond motifs is 2. The quantitative estimate of drug-likeness (QED) is 0.845. The highest BCUT2D eigenvalue weighted by molar-refractivity contribution is 5.87. The van der Waals surface area contributed by atoms with E-state index >= 15 is 0 Å². The van der Waals surface area contributed by atoms with Crippen LogP contribution in [0.15, 0.2) is 42.0 Å². The number of benzene rings is 1. The van der Waals surface area contributed by atoms with E-state index in [2.05, 4.69) is 37.6 Å². The molecule has 110 valence electrons. The highest BCUT2D eigenvalue weighted by atomic mass is 16.3. The molecule has 0 saturated carbocycles. The van der Waals surface area contributed by atoms with Gasteiger partial charge in [-0.15, -0.1) is 0 Å². The lowest BCUT2D eigenvalue weighted by Gasteiger charge is -2.41. The van der Waals surface area contributed by atoms with Gasteiger partial charge in [0.15, 0.2) is 0 Å². The van der Waals surface area contributed by atoms with Crippen molar-refractivity contribution in [3.63, 3.8) is 0 Å². The lowest BCUT2D eigenvalue weighted by molar-refractivity contribution is 0.254. The Kier molecular flexibility index (Phi) is 3.50. The van der Waals surface area contributed by atoms with E-state index in [1.54, 1.807) is 0 Å². The SMILES string of the molecule is C=CC1=C2/C(=C\C)CCN(C)[C@@H]2Cc2ccc(C)c(O)c21. The summed E-state index contributed by atoms with van der Waals surface area (Å²) in [5.74, 6) is 0.414. The molecule has 2 nitrogen and oxygen atoms in total. The number of allylic oxidation sites excluding steroid dienone is 3. The molecule has 1 fully saturated rings. The summed E-state index contributed by atoms with van der Waals surface area (Å²) in [6.07, 6.45) is 6.17. The first-order chi connectivity index (χ1) is 10.1. The number of rotatable bonds is 1. The number of piperidine rings is 1.